The highest BCUT2D eigenvalue weighted by Gasteiger charge is 2.46. The number of carbonyl (C=O) groups excluding carboxylic acids is 1. The lowest BCUT2D eigenvalue weighted by molar-refractivity contribution is -0.110. The van der Waals surface area contributed by atoms with Crippen molar-refractivity contribution < 1.29 is 24.1 Å². The van der Waals surface area contributed by atoms with Crippen molar-refractivity contribution in [2.75, 3.05) is 7.11 Å². The third kappa shape index (κ3) is 2.00. The van der Waals surface area contributed by atoms with Gasteiger partial charge in [-0.1, -0.05) is 18.2 Å². The van der Waals surface area contributed by atoms with E-state index in [0.29, 0.717) is 17.7 Å². The predicted molar refractivity (Wildman–Crippen MR) is 89.0 cm³/mol. The molecule has 0 fully saturated rings. The van der Waals surface area contributed by atoms with Crippen LogP contribution in [0.4, 0.5) is 0 Å². The monoisotopic (exact) mass is 338 g/mol. The van der Waals surface area contributed by atoms with E-state index in [0.717, 1.165) is 28.0 Å². The van der Waals surface area contributed by atoms with Gasteiger partial charge in [-0.15, -0.1) is 0 Å². The van der Waals surface area contributed by atoms with Gasteiger partial charge in [-0.25, -0.2) is 0 Å². The van der Waals surface area contributed by atoms with Crippen LogP contribution in [0, 0.1) is 0 Å². The molecular formula is C20H18O5. The fourth-order valence-corrected chi connectivity index (χ4v) is 4.30. The Bertz CT molecular complexity index is 915. The fourth-order valence-electron chi connectivity index (χ4n) is 4.30. The summed E-state index contributed by atoms with van der Waals surface area (Å²) in [4.78, 5) is 12.8. The molecule has 2 aromatic carbocycles. The van der Waals surface area contributed by atoms with Crippen molar-refractivity contribution in [2.24, 2.45) is 0 Å². The maximum atomic E-state index is 12.8. The first-order valence-corrected chi connectivity index (χ1v) is 8.39. The van der Waals surface area contributed by atoms with Gasteiger partial charge in [0.05, 0.1) is 18.3 Å². The summed E-state index contributed by atoms with van der Waals surface area (Å²) in [5.74, 6) is 1.33. The van der Waals surface area contributed by atoms with E-state index in [-0.39, 0.29) is 18.3 Å². The number of aliphatic hydroxyl groups is 1. The Hall–Kier alpha value is -2.37. The standard InChI is InChI=1S/C20H18O5/c1-20(22)8-10-6-7-14-17(15(10)12(21)9-20)18-11-4-3-5-13(23-2)16(11)19(24-14)25-18/h3-7,18-19,22H,8-9H2,1-2H3/t18-,19+,20?/m1/s1. The Labute approximate surface area is 145 Å². The SMILES string of the molecule is COc1cccc2c1[C@H]1Oc3ccc4c(c3[C@@H]2O1)C(=O)CC(C)(O)C4. The molecule has 0 saturated carbocycles. The number of ketones is 1. The summed E-state index contributed by atoms with van der Waals surface area (Å²) in [6, 6.07) is 9.55. The van der Waals surface area contributed by atoms with Crippen molar-refractivity contribution in [3.05, 3.63) is 58.1 Å². The maximum absolute atomic E-state index is 12.8. The molecule has 0 amide bonds. The molecule has 3 atom stereocenters. The van der Waals surface area contributed by atoms with Crippen LogP contribution >= 0.6 is 0 Å². The summed E-state index contributed by atoms with van der Waals surface area (Å²) < 4.78 is 17.6. The second-order valence-electron chi connectivity index (χ2n) is 7.21. The van der Waals surface area contributed by atoms with Crippen molar-refractivity contribution in [1.29, 1.82) is 0 Å². The molecule has 2 heterocycles. The third-order valence-electron chi connectivity index (χ3n) is 5.28. The number of ether oxygens (including phenoxy) is 3. The number of hydrogen-bond donors (Lipinski definition) is 1. The average Bonchev–Trinajstić information content (AvgIpc) is 2.87. The molecule has 25 heavy (non-hydrogen) atoms. The van der Waals surface area contributed by atoms with E-state index in [1.54, 1.807) is 14.0 Å². The highest BCUT2D eigenvalue weighted by atomic mass is 16.7. The minimum atomic E-state index is -1.01. The van der Waals surface area contributed by atoms with Crippen molar-refractivity contribution in [3.63, 3.8) is 0 Å². The van der Waals surface area contributed by atoms with Crippen LogP contribution < -0.4 is 9.47 Å². The lowest BCUT2D eigenvalue weighted by atomic mass is 9.77. The van der Waals surface area contributed by atoms with E-state index in [1.807, 2.05) is 30.3 Å². The van der Waals surface area contributed by atoms with Gasteiger partial charge in [-0.3, -0.25) is 4.79 Å². The molecule has 2 aromatic rings. The van der Waals surface area contributed by atoms with E-state index in [2.05, 4.69) is 0 Å². The Kier molecular flexibility index (Phi) is 2.89. The molecule has 5 nitrogen and oxygen atoms in total. The van der Waals surface area contributed by atoms with Gasteiger partial charge in [0.2, 0.25) is 6.29 Å². The van der Waals surface area contributed by atoms with Crippen molar-refractivity contribution >= 4 is 5.78 Å². The quantitative estimate of drug-likeness (QED) is 0.866. The molecule has 0 spiro atoms. The largest absolute Gasteiger partial charge is 0.496 e. The summed E-state index contributed by atoms with van der Waals surface area (Å²) in [5, 5.41) is 10.4. The fraction of sp³-hybridized carbons (Fsp3) is 0.350. The molecule has 5 rings (SSSR count). The van der Waals surface area contributed by atoms with Crippen LogP contribution in [0.15, 0.2) is 30.3 Å². The summed E-state index contributed by atoms with van der Waals surface area (Å²) in [5.41, 5.74) is 3.12. The minimum Gasteiger partial charge on any atom is -0.496 e. The molecule has 0 radical (unpaired) electrons. The van der Waals surface area contributed by atoms with Crippen molar-refractivity contribution in [3.8, 4) is 11.5 Å². The van der Waals surface area contributed by atoms with Gasteiger partial charge in [-0.2, -0.15) is 0 Å². The third-order valence-corrected chi connectivity index (χ3v) is 5.28. The molecule has 2 bridgehead atoms. The predicted octanol–water partition coefficient (Wildman–Crippen LogP) is 3.09. The van der Waals surface area contributed by atoms with E-state index in [4.69, 9.17) is 14.2 Å². The first-order chi connectivity index (χ1) is 12.0. The number of rotatable bonds is 1. The molecular weight excluding hydrogens is 320 g/mol. The summed E-state index contributed by atoms with van der Waals surface area (Å²) >= 11 is 0. The van der Waals surface area contributed by atoms with Gasteiger partial charge >= 0.3 is 0 Å². The summed E-state index contributed by atoms with van der Waals surface area (Å²) in [7, 11) is 1.62. The van der Waals surface area contributed by atoms with Crippen molar-refractivity contribution in [1.82, 2.24) is 0 Å². The van der Waals surface area contributed by atoms with E-state index in [9.17, 15) is 9.90 Å². The summed E-state index contributed by atoms with van der Waals surface area (Å²) in [6.45, 7) is 1.70. The zero-order chi connectivity index (χ0) is 17.3. The second kappa shape index (κ2) is 4.84. The number of fused-ring (bicyclic) bond motifs is 9. The van der Waals surface area contributed by atoms with Crippen LogP contribution in [0.5, 0.6) is 11.5 Å². The van der Waals surface area contributed by atoms with Gasteiger partial charge in [0, 0.05) is 24.0 Å². The molecule has 1 aliphatic carbocycles. The normalized spacial score (nSPS) is 28.7. The number of carbonyl (C=O) groups is 1. The van der Waals surface area contributed by atoms with E-state index < -0.39 is 11.9 Å². The van der Waals surface area contributed by atoms with E-state index >= 15 is 0 Å². The molecule has 2 aliphatic heterocycles. The number of methoxy groups -OCH3 is 1. The van der Waals surface area contributed by atoms with Crippen molar-refractivity contribution in [2.45, 2.75) is 37.8 Å². The maximum Gasteiger partial charge on any atom is 0.231 e. The van der Waals surface area contributed by atoms with Crippen LogP contribution in [-0.2, 0) is 11.2 Å². The van der Waals surface area contributed by atoms with Crippen LogP contribution in [0.3, 0.4) is 0 Å². The smallest absolute Gasteiger partial charge is 0.231 e. The van der Waals surface area contributed by atoms with Gasteiger partial charge in [0.15, 0.2) is 5.78 Å². The Morgan fingerprint density at radius 1 is 1.20 bits per heavy atom. The molecule has 3 aliphatic rings. The molecule has 1 N–H and O–H groups in total. The highest BCUT2D eigenvalue weighted by molar-refractivity contribution is 6.01. The highest BCUT2D eigenvalue weighted by Crippen LogP contribution is 2.55. The second-order valence-corrected chi connectivity index (χ2v) is 7.21. The molecule has 5 heteroatoms. The number of Topliss-reactive ketones (excluding diaryl/α,β-unsaturated/α-hetero) is 1. The molecule has 128 valence electrons. The average molecular weight is 338 g/mol. The zero-order valence-electron chi connectivity index (χ0n) is 14.0. The van der Waals surface area contributed by atoms with Crippen LogP contribution in [0.2, 0.25) is 0 Å². The van der Waals surface area contributed by atoms with Crippen LogP contribution in [0.25, 0.3) is 0 Å². The molecule has 1 unspecified atom stereocenters. The first kappa shape index (κ1) is 14.9. The van der Waals surface area contributed by atoms with Gasteiger partial charge < -0.3 is 19.3 Å². The van der Waals surface area contributed by atoms with Crippen LogP contribution in [0.1, 0.15) is 58.4 Å². The molecule has 0 saturated heterocycles. The van der Waals surface area contributed by atoms with Gasteiger partial charge in [0.25, 0.3) is 0 Å². The minimum absolute atomic E-state index is 0.0647. The Balaban J connectivity index is 1.73. The van der Waals surface area contributed by atoms with Gasteiger partial charge in [0.1, 0.15) is 17.6 Å². The van der Waals surface area contributed by atoms with Crippen LogP contribution in [-0.4, -0.2) is 23.6 Å². The Morgan fingerprint density at radius 3 is 2.84 bits per heavy atom. The summed E-state index contributed by atoms with van der Waals surface area (Å²) in [6.07, 6.45) is -0.315. The lowest BCUT2D eigenvalue weighted by Gasteiger charge is -2.33. The lowest BCUT2D eigenvalue weighted by Crippen LogP contribution is -2.36. The zero-order valence-corrected chi connectivity index (χ0v) is 14.0. The van der Waals surface area contributed by atoms with E-state index in [1.165, 1.54) is 0 Å². The van der Waals surface area contributed by atoms with Gasteiger partial charge in [-0.05, 0) is 30.2 Å². The number of hydrogen-bond acceptors (Lipinski definition) is 5. The number of benzene rings is 2. The molecule has 0 aromatic heterocycles. The Morgan fingerprint density at radius 2 is 2.04 bits per heavy atom. The topological polar surface area (TPSA) is 65.0 Å². The first-order valence-electron chi connectivity index (χ1n) is 8.39.